The van der Waals surface area contributed by atoms with E-state index in [9.17, 15) is 9.18 Å². The molecule has 0 aliphatic heterocycles. The van der Waals surface area contributed by atoms with Crippen LogP contribution in [0.4, 0.5) is 9.18 Å². The lowest BCUT2D eigenvalue weighted by Crippen LogP contribution is -2.46. The Morgan fingerprint density at radius 1 is 1.12 bits per heavy atom. The van der Waals surface area contributed by atoms with Gasteiger partial charge in [0.2, 0.25) is 0 Å². The van der Waals surface area contributed by atoms with Gasteiger partial charge in [-0.2, -0.15) is 0 Å². The molecule has 0 radical (unpaired) electrons. The second kappa shape index (κ2) is 7.81. The molecule has 0 saturated carbocycles. The standard InChI is InChI=1S/C19H23FN2O2/c1-19(2,15-8-10-16(24-3)11-9-15)22-18(23)21-13-12-14-6-4-5-7-17(14)20/h4-11H,12-13H2,1-3H3,(H2,21,22,23). The maximum atomic E-state index is 13.5. The van der Waals surface area contributed by atoms with E-state index >= 15 is 0 Å². The quantitative estimate of drug-likeness (QED) is 0.850. The average molecular weight is 330 g/mol. The number of carbonyl (C=O) groups excluding carboxylic acids is 1. The molecule has 5 heteroatoms. The second-order valence-corrected chi connectivity index (χ2v) is 6.08. The molecule has 24 heavy (non-hydrogen) atoms. The van der Waals surface area contributed by atoms with Crippen molar-refractivity contribution in [2.45, 2.75) is 25.8 Å². The van der Waals surface area contributed by atoms with Crippen LogP contribution in [0.15, 0.2) is 48.5 Å². The molecule has 0 bridgehead atoms. The molecule has 4 nitrogen and oxygen atoms in total. The number of nitrogens with one attached hydrogen (secondary N) is 2. The fourth-order valence-corrected chi connectivity index (χ4v) is 2.42. The van der Waals surface area contributed by atoms with Crippen molar-refractivity contribution in [1.82, 2.24) is 10.6 Å². The van der Waals surface area contributed by atoms with Crippen LogP contribution < -0.4 is 15.4 Å². The Kier molecular flexibility index (Phi) is 5.79. The van der Waals surface area contributed by atoms with Gasteiger partial charge in [-0.3, -0.25) is 0 Å². The third kappa shape index (κ3) is 4.72. The zero-order valence-corrected chi connectivity index (χ0v) is 14.2. The molecule has 0 aliphatic rings. The van der Waals surface area contributed by atoms with Crippen molar-refractivity contribution in [2.24, 2.45) is 0 Å². The summed E-state index contributed by atoms with van der Waals surface area (Å²) in [6, 6.07) is 13.8. The lowest BCUT2D eigenvalue weighted by molar-refractivity contribution is 0.230. The molecule has 128 valence electrons. The summed E-state index contributed by atoms with van der Waals surface area (Å²) >= 11 is 0. The fraction of sp³-hybridized carbons (Fsp3) is 0.316. The van der Waals surface area contributed by atoms with Crippen LogP contribution in [0.3, 0.4) is 0 Å². The van der Waals surface area contributed by atoms with Crippen LogP contribution in [0.2, 0.25) is 0 Å². The normalized spacial score (nSPS) is 11.0. The van der Waals surface area contributed by atoms with E-state index in [1.54, 1.807) is 25.3 Å². The van der Waals surface area contributed by atoms with Crippen LogP contribution in [-0.2, 0) is 12.0 Å². The van der Waals surface area contributed by atoms with Crippen LogP contribution in [0.1, 0.15) is 25.0 Å². The van der Waals surface area contributed by atoms with Crippen LogP contribution in [-0.4, -0.2) is 19.7 Å². The number of hydrogen-bond acceptors (Lipinski definition) is 2. The first-order chi connectivity index (χ1) is 11.4. The Balaban J connectivity index is 1.87. The molecule has 0 aliphatic carbocycles. The summed E-state index contributed by atoms with van der Waals surface area (Å²) in [4.78, 5) is 12.1. The molecule has 0 fully saturated rings. The number of amides is 2. The van der Waals surface area contributed by atoms with Crippen LogP contribution in [0, 0.1) is 5.82 Å². The van der Waals surface area contributed by atoms with Crippen molar-refractivity contribution in [3.63, 3.8) is 0 Å². The van der Waals surface area contributed by atoms with E-state index in [0.717, 1.165) is 11.3 Å². The highest BCUT2D eigenvalue weighted by atomic mass is 19.1. The molecule has 2 aromatic rings. The smallest absolute Gasteiger partial charge is 0.315 e. The summed E-state index contributed by atoms with van der Waals surface area (Å²) in [7, 11) is 1.61. The monoisotopic (exact) mass is 330 g/mol. The molecule has 0 spiro atoms. The van der Waals surface area contributed by atoms with Gasteiger partial charge in [-0.05, 0) is 49.6 Å². The molecule has 0 unspecified atom stereocenters. The minimum atomic E-state index is -0.533. The number of methoxy groups -OCH3 is 1. The van der Waals surface area contributed by atoms with E-state index in [4.69, 9.17) is 4.74 Å². The van der Waals surface area contributed by atoms with E-state index in [2.05, 4.69) is 10.6 Å². The van der Waals surface area contributed by atoms with Crippen molar-refractivity contribution in [3.05, 3.63) is 65.5 Å². The van der Waals surface area contributed by atoms with Crippen molar-refractivity contribution < 1.29 is 13.9 Å². The van der Waals surface area contributed by atoms with Gasteiger partial charge in [0, 0.05) is 6.54 Å². The maximum Gasteiger partial charge on any atom is 0.315 e. The first-order valence-corrected chi connectivity index (χ1v) is 7.86. The van der Waals surface area contributed by atoms with E-state index < -0.39 is 5.54 Å². The largest absolute Gasteiger partial charge is 0.497 e. The first-order valence-electron chi connectivity index (χ1n) is 7.86. The van der Waals surface area contributed by atoms with E-state index in [1.807, 2.05) is 38.1 Å². The summed E-state index contributed by atoms with van der Waals surface area (Å²) < 4.78 is 18.7. The molecule has 0 heterocycles. The zero-order chi connectivity index (χ0) is 17.6. The highest BCUT2D eigenvalue weighted by Crippen LogP contribution is 2.22. The Morgan fingerprint density at radius 2 is 1.79 bits per heavy atom. The molecule has 2 aromatic carbocycles. The molecular weight excluding hydrogens is 307 g/mol. The number of hydrogen-bond donors (Lipinski definition) is 2. The molecule has 2 rings (SSSR count). The number of halogens is 1. The topological polar surface area (TPSA) is 50.4 Å². The summed E-state index contributed by atoms with van der Waals surface area (Å²) in [5.41, 5.74) is 1.02. The number of carbonyl (C=O) groups is 1. The average Bonchev–Trinajstić information content (AvgIpc) is 2.56. The number of urea groups is 1. The highest BCUT2D eigenvalue weighted by Gasteiger charge is 2.22. The molecular formula is C19H23FN2O2. The third-order valence-electron chi connectivity index (χ3n) is 3.88. The van der Waals surface area contributed by atoms with Gasteiger partial charge in [0.05, 0.1) is 12.6 Å². The van der Waals surface area contributed by atoms with Crippen molar-refractivity contribution in [3.8, 4) is 5.75 Å². The number of rotatable bonds is 6. The first kappa shape index (κ1) is 17.8. The summed E-state index contributed by atoms with van der Waals surface area (Å²) in [6.07, 6.45) is 0.447. The van der Waals surface area contributed by atoms with Gasteiger partial charge < -0.3 is 15.4 Å². The number of benzene rings is 2. The van der Waals surface area contributed by atoms with Crippen LogP contribution in [0.5, 0.6) is 5.75 Å². The van der Waals surface area contributed by atoms with Gasteiger partial charge in [0.15, 0.2) is 0 Å². The van der Waals surface area contributed by atoms with Gasteiger partial charge in [0.1, 0.15) is 11.6 Å². The maximum absolute atomic E-state index is 13.5. The second-order valence-electron chi connectivity index (χ2n) is 6.08. The van der Waals surface area contributed by atoms with Crippen molar-refractivity contribution >= 4 is 6.03 Å². The predicted molar refractivity (Wildman–Crippen MR) is 92.7 cm³/mol. The third-order valence-corrected chi connectivity index (χ3v) is 3.88. The van der Waals surface area contributed by atoms with Gasteiger partial charge in [-0.25, -0.2) is 9.18 Å². The van der Waals surface area contributed by atoms with Gasteiger partial charge in [0.25, 0.3) is 0 Å². The van der Waals surface area contributed by atoms with Crippen molar-refractivity contribution in [1.29, 1.82) is 0 Å². The lowest BCUT2D eigenvalue weighted by Gasteiger charge is -2.27. The Hall–Kier alpha value is -2.56. The number of ether oxygens (including phenoxy) is 1. The molecule has 2 amide bonds. The summed E-state index contributed by atoms with van der Waals surface area (Å²) in [5, 5.41) is 5.69. The van der Waals surface area contributed by atoms with E-state index in [0.29, 0.717) is 18.5 Å². The lowest BCUT2D eigenvalue weighted by atomic mass is 9.94. The molecule has 0 atom stereocenters. The Labute approximate surface area is 142 Å². The SMILES string of the molecule is COc1ccc(C(C)(C)NC(=O)NCCc2ccccc2F)cc1. The minimum absolute atomic E-state index is 0.252. The molecule has 0 aromatic heterocycles. The fourth-order valence-electron chi connectivity index (χ4n) is 2.42. The Morgan fingerprint density at radius 3 is 2.42 bits per heavy atom. The van der Waals surface area contributed by atoms with Crippen LogP contribution >= 0.6 is 0 Å². The summed E-state index contributed by atoms with van der Waals surface area (Å²) in [5.74, 6) is 0.516. The molecule has 0 saturated heterocycles. The van der Waals surface area contributed by atoms with E-state index in [-0.39, 0.29) is 11.8 Å². The summed E-state index contributed by atoms with van der Waals surface area (Å²) in [6.45, 7) is 4.21. The minimum Gasteiger partial charge on any atom is -0.497 e. The highest BCUT2D eigenvalue weighted by molar-refractivity contribution is 5.75. The molecule has 2 N–H and O–H groups in total. The van der Waals surface area contributed by atoms with Crippen LogP contribution in [0.25, 0.3) is 0 Å². The van der Waals surface area contributed by atoms with E-state index in [1.165, 1.54) is 6.07 Å². The Bertz CT molecular complexity index is 684. The zero-order valence-electron chi connectivity index (χ0n) is 14.2. The predicted octanol–water partition coefficient (Wildman–Crippen LogP) is 3.61. The van der Waals surface area contributed by atoms with Gasteiger partial charge >= 0.3 is 6.03 Å². The van der Waals surface area contributed by atoms with Gasteiger partial charge in [-0.1, -0.05) is 30.3 Å². The van der Waals surface area contributed by atoms with Crippen molar-refractivity contribution in [2.75, 3.05) is 13.7 Å². The van der Waals surface area contributed by atoms with Gasteiger partial charge in [-0.15, -0.1) is 0 Å².